The second-order valence-electron chi connectivity index (χ2n) is 3.73. The molecule has 0 saturated carbocycles. The fourth-order valence-electron chi connectivity index (χ4n) is 1.87. The average Bonchev–Trinajstić information content (AvgIpc) is 2.44. The van der Waals surface area contributed by atoms with E-state index in [2.05, 4.69) is 26.3 Å². The lowest BCUT2D eigenvalue weighted by molar-refractivity contribution is -0.209. The van der Waals surface area contributed by atoms with Crippen LogP contribution in [0.2, 0.25) is 0 Å². The van der Waals surface area contributed by atoms with Crippen LogP contribution in [-0.4, -0.2) is 37.0 Å². The van der Waals surface area contributed by atoms with Crippen molar-refractivity contribution >= 4 is 5.97 Å². The molecule has 0 amide bonds. The van der Waals surface area contributed by atoms with Crippen molar-refractivity contribution in [2.24, 2.45) is 0 Å². The zero-order valence-corrected chi connectivity index (χ0v) is 11.1. The fraction of sp³-hybridized carbons (Fsp3) is 0.357. The first-order valence-electron chi connectivity index (χ1n) is 5.91. The van der Waals surface area contributed by atoms with E-state index in [0.717, 1.165) is 6.26 Å². The van der Waals surface area contributed by atoms with Gasteiger partial charge in [-0.3, -0.25) is 0 Å². The van der Waals surface area contributed by atoms with Crippen LogP contribution in [0, 0.1) is 0 Å². The third-order valence-electron chi connectivity index (χ3n) is 2.62. The van der Waals surface area contributed by atoms with E-state index in [4.69, 9.17) is 23.7 Å². The summed E-state index contributed by atoms with van der Waals surface area (Å²) in [6.07, 6.45) is 1.70. The van der Waals surface area contributed by atoms with Gasteiger partial charge in [0, 0.05) is 0 Å². The topological polar surface area (TPSA) is 63.2 Å². The number of hydrogen-bond donors (Lipinski definition) is 0. The van der Waals surface area contributed by atoms with Gasteiger partial charge in [0.25, 0.3) is 0 Å². The van der Waals surface area contributed by atoms with Gasteiger partial charge < -0.3 is 23.7 Å². The SMILES string of the molecule is C=COCC1OC(=O)C(OC=C)C(OC=C)C1OC=C. The molecule has 4 unspecified atom stereocenters. The van der Waals surface area contributed by atoms with Crippen LogP contribution in [0.15, 0.2) is 51.4 Å². The summed E-state index contributed by atoms with van der Waals surface area (Å²) in [4.78, 5) is 11.9. The Hall–Kier alpha value is -2.37. The summed E-state index contributed by atoms with van der Waals surface area (Å²) in [5, 5.41) is 0. The Morgan fingerprint density at radius 1 is 0.950 bits per heavy atom. The zero-order chi connectivity index (χ0) is 15.0. The molecule has 4 atom stereocenters. The number of hydrogen-bond acceptors (Lipinski definition) is 6. The van der Waals surface area contributed by atoms with Crippen LogP contribution in [0.3, 0.4) is 0 Å². The van der Waals surface area contributed by atoms with Crippen LogP contribution in [0.1, 0.15) is 0 Å². The predicted octanol–water partition coefficient (Wildman–Crippen LogP) is 1.66. The van der Waals surface area contributed by atoms with Crippen LogP contribution < -0.4 is 0 Å². The number of esters is 1. The lowest BCUT2D eigenvalue weighted by Crippen LogP contribution is -2.58. The number of carbonyl (C=O) groups excluding carboxylic acids is 1. The normalized spacial score (nSPS) is 28.5. The van der Waals surface area contributed by atoms with Crippen molar-refractivity contribution in [3.8, 4) is 0 Å². The smallest absolute Gasteiger partial charge is 0.351 e. The summed E-state index contributed by atoms with van der Waals surface area (Å²) in [5.74, 6) is -0.599. The van der Waals surface area contributed by atoms with E-state index in [0.29, 0.717) is 0 Å². The van der Waals surface area contributed by atoms with Gasteiger partial charge in [0.2, 0.25) is 6.10 Å². The molecule has 6 nitrogen and oxygen atoms in total. The Labute approximate surface area is 117 Å². The van der Waals surface area contributed by atoms with Crippen molar-refractivity contribution in [3.05, 3.63) is 51.4 Å². The van der Waals surface area contributed by atoms with Crippen LogP contribution in [0.25, 0.3) is 0 Å². The number of cyclic esters (lactones) is 1. The Morgan fingerprint density at radius 3 is 2.10 bits per heavy atom. The molecule has 0 aromatic rings. The molecular weight excluding hydrogens is 264 g/mol. The highest BCUT2D eigenvalue weighted by Crippen LogP contribution is 2.25. The van der Waals surface area contributed by atoms with Gasteiger partial charge in [0.05, 0.1) is 25.0 Å². The predicted molar refractivity (Wildman–Crippen MR) is 71.2 cm³/mol. The largest absolute Gasteiger partial charge is 0.498 e. The van der Waals surface area contributed by atoms with Gasteiger partial charge in [0.15, 0.2) is 18.3 Å². The van der Waals surface area contributed by atoms with Crippen molar-refractivity contribution in [1.82, 2.24) is 0 Å². The molecule has 0 aliphatic carbocycles. The first-order valence-corrected chi connectivity index (χ1v) is 5.91. The molecule has 20 heavy (non-hydrogen) atoms. The third kappa shape index (κ3) is 3.57. The van der Waals surface area contributed by atoms with Crippen molar-refractivity contribution in [1.29, 1.82) is 0 Å². The summed E-state index contributed by atoms with van der Waals surface area (Å²) in [5.41, 5.74) is 0. The Kier molecular flexibility index (Phi) is 6.22. The standard InChI is InChI=1S/C14H18O6/c1-5-16-9-10-11(17-6-2)12(18-7-3)13(19-8-4)14(15)20-10/h5-8,10-13H,1-4,9H2. The van der Waals surface area contributed by atoms with E-state index in [1.54, 1.807) is 0 Å². The van der Waals surface area contributed by atoms with Crippen LogP contribution >= 0.6 is 0 Å². The van der Waals surface area contributed by atoms with Gasteiger partial charge in [-0.05, 0) is 0 Å². The zero-order valence-electron chi connectivity index (χ0n) is 11.1. The molecule has 1 heterocycles. The van der Waals surface area contributed by atoms with Gasteiger partial charge in [-0.2, -0.15) is 0 Å². The highest BCUT2D eigenvalue weighted by Gasteiger charge is 2.50. The summed E-state index contributed by atoms with van der Waals surface area (Å²) in [6.45, 7) is 13.9. The first kappa shape index (κ1) is 15.7. The maximum atomic E-state index is 11.9. The van der Waals surface area contributed by atoms with Crippen molar-refractivity contribution < 1.29 is 28.5 Å². The summed E-state index contributed by atoms with van der Waals surface area (Å²) < 4.78 is 26.1. The fourth-order valence-corrected chi connectivity index (χ4v) is 1.87. The van der Waals surface area contributed by atoms with E-state index < -0.39 is 30.4 Å². The number of carbonyl (C=O) groups is 1. The highest BCUT2D eigenvalue weighted by atomic mass is 16.6. The summed E-state index contributed by atoms with van der Waals surface area (Å²) in [6, 6.07) is 0. The molecule has 0 radical (unpaired) electrons. The van der Waals surface area contributed by atoms with Crippen molar-refractivity contribution in [2.45, 2.75) is 24.4 Å². The van der Waals surface area contributed by atoms with Crippen molar-refractivity contribution in [2.75, 3.05) is 6.61 Å². The highest BCUT2D eigenvalue weighted by molar-refractivity contribution is 5.77. The summed E-state index contributed by atoms with van der Waals surface area (Å²) >= 11 is 0. The minimum Gasteiger partial charge on any atom is -0.498 e. The maximum absolute atomic E-state index is 11.9. The van der Waals surface area contributed by atoms with Crippen LogP contribution in [-0.2, 0) is 28.5 Å². The van der Waals surface area contributed by atoms with E-state index in [1.165, 1.54) is 18.8 Å². The van der Waals surface area contributed by atoms with E-state index in [1.807, 2.05) is 0 Å². The molecule has 6 heteroatoms. The van der Waals surface area contributed by atoms with E-state index in [-0.39, 0.29) is 6.61 Å². The van der Waals surface area contributed by atoms with Gasteiger partial charge >= 0.3 is 5.97 Å². The summed E-state index contributed by atoms with van der Waals surface area (Å²) in [7, 11) is 0. The van der Waals surface area contributed by atoms with Crippen LogP contribution in [0.4, 0.5) is 0 Å². The molecule has 1 saturated heterocycles. The molecule has 0 bridgehead atoms. The molecule has 0 aromatic heterocycles. The number of ether oxygens (including phenoxy) is 5. The second kappa shape index (κ2) is 7.93. The monoisotopic (exact) mass is 282 g/mol. The number of rotatable bonds is 9. The molecule has 1 rings (SSSR count). The molecule has 0 spiro atoms. The lowest BCUT2D eigenvalue weighted by Gasteiger charge is -2.39. The maximum Gasteiger partial charge on any atom is 0.351 e. The van der Waals surface area contributed by atoms with Gasteiger partial charge in [-0.25, -0.2) is 4.79 Å². The second-order valence-corrected chi connectivity index (χ2v) is 3.73. The molecule has 0 aromatic carbocycles. The molecular formula is C14H18O6. The van der Waals surface area contributed by atoms with Gasteiger partial charge in [0.1, 0.15) is 6.61 Å². The minimum atomic E-state index is -1.00. The Bertz CT molecular complexity index is 378. The van der Waals surface area contributed by atoms with Gasteiger partial charge in [-0.1, -0.05) is 26.3 Å². The minimum absolute atomic E-state index is 0.0750. The molecule has 110 valence electrons. The molecule has 1 aliphatic rings. The van der Waals surface area contributed by atoms with E-state index in [9.17, 15) is 4.79 Å². The Balaban J connectivity index is 2.97. The molecule has 1 fully saturated rings. The lowest BCUT2D eigenvalue weighted by atomic mass is 9.99. The molecule has 1 aliphatic heterocycles. The molecule has 0 N–H and O–H groups in total. The quantitative estimate of drug-likeness (QED) is 0.473. The van der Waals surface area contributed by atoms with Gasteiger partial charge in [-0.15, -0.1) is 0 Å². The average molecular weight is 282 g/mol. The van der Waals surface area contributed by atoms with Crippen LogP contribution in [0.5, 0.6) is 0 Å². The Morgan fingerprint density at radius 2 is 1.55 bits per heavy atom. The third-order valence-corrected chi connectivity index (χ3v) is 2.62. The first-order chi connectivity index (χ1) is 9.69. The van der Waals surface area contributed by atoms with E-state index >= 15 is 0 Å². The van der Waals surface area contributed by atoms with Crippen molar-refractivity contribution in [3.63, 3.8) is 0 Å².